The average molecular weight is 217 g/mol. The molecule has 1 atom stereocenters. The maximum atomic E-state index is 5.61. The van der Waals surface area contributed by atoms with Crippen molar-refractivity contribution in [1.82, 2.24) is 0 Å². The third kappa shape index (κ3) is 2.63. The van der Waals surface area contributed by atoms with E-state index in [9.17, 15) is 0 Å². The zero-order chi connectivity index (χ0) is 11.2. The number of hydrogen-bond acceptors (Lipinski definition) is 2. The van der Waals surface area contributed by atoms with Crippen LogP contribution < -0.4 is 4.74 Å². The maximum absolute atomic E-state index is 5.61. The van der Waals surface area contributed by atoms with Crippen molar-refractivity contribution in [3.8, 4) is 5.75 Å². The largest absolute Gasteiger partial charge is 0.493 e. The summed E-state index contributed by atoms with van der Waals surface area (Å²) in [6.07, 6.45) is 6.64. The molecule has 1 aliphatic rings. The van der Waals surface area contributed by atoms with Crippen molar-refractivity contribution in [2.75, 3.05) is 6.61 Å². The Morgan fingerprint density at radius 3 is 3.19 bits per heavy atom. The predicted octanol–water partition coefficient (Wildman–Crippen LogP) is 3.77. The number of benzene rings is 1. The van der Waals surface area contributed by atoms with Crippen molar-refractivity contribution in [2.24, 2.45) is 4.99 Å². The molecule has 2 rings (SSSR count). The minimum Gasteiger partial charge on any atom is -0.493 e. The molecule has 86 valence electrons. The number of rotatable bonds is 4. The summed E-state index contributed by atoms with van der Waals surface area (Å²) in [6, 6.07) is 8.53. The van der Waals surface area contributed by atoms with Crippen molar-refractivity contribution in [3.05, 3.63) is 29.8 Å². The van der Waals surface area contributed by atoms with Gasteiger partial charge in [0.15, 0.2) is 0 Å². The van der Waals surface area contributed by atoms with Crippen LogP contribution in [-0.2, 0) is 0 Å². The van der Waals surface area contributed by atoms with Crippen LogP contribution in [0.15, 0.2) is 29.3 Å². The lowest BCUT2D eigenvalue weighted by Crippen LogP contribution is -2.12. The van der Waals surface area contributed by atoms with Gasteiger partial charge in [-0.1, -0.05) is 31.5 Å². The maximum Gasteiger partial charge on any atom is 0.124 e. The van der Waals surface area contributed by atoms with Gasteiger partial charge < -0.3 is 4.74 Å². The number of unbranched alkanes of at least 4 members (excludes halogenated alkanes) is 2. The zero-order valence-corrected chi connectivity index (χ0v) is 9.86. The van der Waals surface area contributed by atoms with Gasteiger partial charge in [-0.25, -0.2) is 0 Å². The topological polar surface area (TPSA) is 21.6 Å². The lowest BCUT2D eigenvalue weighted by molar-refractivity contribution is 0.269. The Hall–Kier alpha value is -1.31. The van der Waals surface area contributed by atoms with Crippen molar-refractivity contribution in [3.63, 3.8) is 0 Å². The molecular weight excluding hydrogens is 198 g/mol. The van der Waals surface area contributed by atoms with E-state index in [0.29, 0.717) is 6.04 Å². The molecule has 1 unspecified atom stereocenters. The summed E-state index contributed by atoms with van der Waals surface area (Å²) in [7, 11) is 0. The van der Waals surface area contributed by atoms with Crippen LogP contribution in [0.4, 0.5) is 0 Å². The van der Waals surface area contributed by atoms with Gasteiger partial charge in [-0.2, -0.15) is 0 Å². The van der Waals surface area contributed by atoms with Gasteiger partial charge in [0, 0.05) is 12.0 Å². The Morgan fingerprint density at radius 2 is 2.31 bits per heavy atom. The highest BCUT2D eigenvalue weighted by molar-refractivity contribution is 5.58. The number of nitrogens with zero attached hydrogens (tertiary/aromatic N) is 1. The molecule has 0 aromatic heterocycles. The first-order valence-corrected chi connectivity index (χ1v) is 6.15. The third-order valence-electron chi connectivity index (χ3n) is 2.90. The second-order valence-corrected chi connectivity index (χ2v) is 4.16. The summed E-state index contributed by atoms with van der Waals surface area (Å²) in [5, 5.41) is 0. The summed E-state index contributed by atoms with van der Waals surface area (Å²) in [4.78, 5) is 4.66. The smallest absolute Gasteiger partial charge is 0.124 e. The van der Waals surface area contributed by atoms with E-state index in [2.05, 4.69) is 30.3 Å². The van der Waals surface area contributed by atoms with Crippen LogP contribution in [0.25, 0.3) is 0 Å². The summed E-state index contributed by atoms with van der Waals surface area (Å²) in [5.41, 5.74) is 1.24. The summed E-state index contributed by atoms with van der Waals surface area (Å²) in [6.45, 7) is 2.99. The highest BCUT2D eigenvalue weighted by atomic mass is 16.5. The van der Waals surface area contributed by atoms with Crippen LogP contribution in [0.3, 0.4) is 0 Å². The molecule has 2 nitrogen and oxygen atoms in total. The third-order valence-corrected chi connectivity index (χ3v) is 2.90. The molecule has 1 aromatic rings. The Kier molecular flexibility index (Phi) is 3.97. The normalized spacial score (nSPS) is 19.4. The first-order chi connectivity index (χ1) is 7.92. The van der Waals surface area contributed by atoms with Gasteiger partial charge in [-0.3, -0.25) is 4.99 Å². The van der Waals surface area contributed by atoms with E-state index in [0.717, 1.165) is 25.2 Å². The fourth-order valence-electron chi connectivity index (χ4n) is 1.98. The van der Waals surface area contributed by atoms with E-state index in [-0.39, 0.29) is 0 Å². The Balaban J connectivity index is 2.04. The SMILES string of the molecule is CCCCC=NC1CCOc2ccccc21. The van der Waals surface area contributed by atoms with Gasteiger partial charge in [-0.05, 0) is 25.1 Å². The molecule has 2 heteroatoms. The van der Waals surface area contributed by atoms with E-state index in [4.69, 9.17) is 4.74 Å². The van der Waals surface area contributed by atoms with E-state index in [1.807, 2.05) is 12.1 Å². The van der Waals surface area contributed by atoms with Crippen molar-refractivity contribution >= 4 is 6.21 Å². The second kappa shape index (κ2) is 5.69. The number of ether oxygens (including phenoxy) is 1. The Bertz CT molecular complexity index is 360. The monoisotopic (exact) mass is 217 g/mol. The van der Waals surface area contributed by atoms with Crippen molar-refractivity contribution in [2.45, 2.75) is 38.6 Å². The lowest BCUT2D eigenvalue weighted by Gasteiger charge is -2.22. The van der Waals surface area contributed by atoms with E-state index >= 15 is 0 Å². The molecule has 16 heavy (non-hydrogen) atoms. The molecule has 0 bridgehead atoms. The van der Waals surface area contributed by atoms with Crippen LogP contribution in [0.1, 0.15) is 44.2 Å². The van der Waals surface area contributed by atoms with Crippen molar-refractivity contribution in [1.29, 1.82) is 0 Å². The summed E-state index contributed by atoms with van der Waals surface area (Å²) in [5.74, 6) is 1.01. The zero-order valence-electron chi connectivity index (χ0n) is 9.86. The number of hydrogen-bond donors (Lipinski definition) is 0. The molecule has 1 aliphatic heterocycles. The van der Waals surface area contributed by atoms with Gasteiger partial charge >= 0.3 is 0 Å². The van der Waals surface area contributed by atoms with Gasteiger partial charge in [0.25, 0.3) is 0 Å². The molecule has 0 aliphatic carbocycles. The number of aliphatic imine (C=N–C) groups is 1. The molecule has 0 spiro atoms. The highest BCUT2D eigenvalue weighted by Gasteiger charge is 2.19. The van der Waals surface area contributed by atoms with Crippen LogP contribution in [-0.4, -0.2) is 12.8 Å². The standard InChI is InChI=1S/C14H19NO/c1-2-3-6-10-15-13-9-11-16-14-8-5-4-7-12(13)14/h4-5,7-8,10,13H,2-3,6,9,11H2,1H3. The quantitative estimate of drug-likeness (QED) is 0.555. The molecule has 0 saturated carbocycles. The average Bonchev–Trinajstić information content (AvgIpc) is 2.35. The molecule has 0 radical (unpaired) electrons. The van der Waals surface area contributed by atoms with Crippen LogP contribution >= 0.6 is 0 Å². The van der Waals surface area contributed by atoms with Crippen LogP contribution in [0.2, 0.25) is 0 Å². The molecule has 1 heterocycles. The van der Waals surface area contributed by atoms with Gasteiger partial charge in [0.1, 0.15) is 5.75 Å². The fraction of sp³-hybridized carbons (Fsp3) is 0.500. The van der Waals surface area contributed by atoms with Gasteiger partial charge in [-0.15, -0.1) is 0 Å². The van der Waals surface area contributed by atoms with Gasteiger partial charge in [0.05, 0.1) is 12.6 Å². The molecule has 0 fully saturated rings. The first kappa shape index (κ1) is 11.2. The van der Waals surface area contributed by atoms with Crippen molar-refractivity contribution < 1.29 is 4.74 Å². The summed E-state index contributed by atoms with van der Waals surface area (Å²) < 4.78 is 5.61. The minimum atomic E-state index is 0.307. The predicted molar refractivity (Wildman–Crippen MR) is 67.3 cm³/mol. The number of para-hydroxylation sites is 1. The first-order valence-electron chi connectivity index (χ1n) is 6.15. The lowest BCUT2D eigenvalue weighted by atomic mass is 10.0. The molecule has 0 saturated heterocycles. The van der Waals surface area contributed by atoms with Crippen LogP contribution in [0.5, 0.6) is 5.75 Å². The fourth-order valence-corrected chi connectivity index (χ4v) is 1.98. The van der Waals surface area contributed by atoms with E-state index in [1.165, 1.54) is 18.4 Å². The van der Waals surface area contributed by atoms with E-state index in [1.54, 1.807) is 0 Å². The van der Waals surface area contributed by atoms with E-state index < -0.39 is 0 Å². The van der Waals surface area contributed by atoms with Gasteiger partial charge in [0.2, 0.25) is 0 Å². The number of fused-ring (bicyclic) bond motifs is 1. The Labute approximate surface area is 97.4 Å². The molecular formula is C14H19NO. The second-order valence-electron chi connectivity index (χ2n) is 4.16. The highest BCUT2D eigenvalue weighted by Crippen LogP contribution is 2.33. The molecule has 0 N–H and O–H groups in total. The molecule has 1 aromatic carbocycles. The van der Waals surface area contributed by atoms with Crippen LogP contribution in [0, 0.1) is 0 Å². The minimum absolute atomic E-state index is 0.307. The molecule has 0 amide bonds. The summed E-state index contributed by atoms with van der Waals surface area (Å²) >= 11 is 0. The Morgan fingerprint density at radius 1 is 1.44 bits per heavy atom.